The minimum absolute atomic E-state index is 0.125. The van der Waals surface area contributed by atoms with Gasteiger partial charge >= 0.3 is 0 Å². The molecule has 0 aliphatic rings. The number of phenols is 2. The largest absolute Gasteiger partial charge is 0.504 e. The van der Waals surface area contributed by atoms with Gasteiger partial charge in [0.15, 0.2) is 11.5 Å². The molecule has 0 bridgehead atoms. The Morgan fingerprint density at radius 1 is 1.24 bits per heavy atom. The standard InChI is InChI=1S/C10H15NO5S/c11-8(3-4-17(14,15)16)5-7-1-2-9(12)10(13)6-7/h1-2,6,8,12-13H,3-5,11H2,(H,14,15,16). The zero-order valence-corrected chi connectivity index (χ0v) is 9.89. The molecule has 0 fully saturated rings. The van der Waals surface area contributed by atoms with Crippen molar-refractivity contribution in [3.63, 3.8) is 0 Å². The Hall–Kier alpha value is -1.31. The number of hydrogen-bond acceptors (Lipinski definition) is 5. The average Bonchev–Trinajstić information content (AvgIpc) is 2.20. The lowest BCUT2D eigenvalue weighted by Crippen LogP contribution is -2.25. The molecule has 0 aromatic heterocycles. The lowest BCUT2D eigenvalue weighted by atomic mass is 10.0. The van der Waals surface area contributed by atoms with Crippen LogP contribution < -0.4 is 5.73 Å². The Labute approximate surface area is 99.4 Å². The SMILES string of the molecule is NC(CCS(=O)(=O)O)Cc1ccc(O)c(O)c1. The van der Waals surface area contributed by atoms with Gasteiger partial charge < -0.3 is 15.9 Å². The molecule has 17 heavy (non-hydrogen) atoms. The summed E-state index contributed by atoms with van der Waals surface area (Å²) in [6.45, 7) is 0. The predicted molar refractivity (Wildman–Crippen MR) is 62.5 cm³/mol. The molecule has 1 rings (SSSR count). The van der Waals surface area contributed by atoms with Crippen LogP contribution in [0.5, 0.6) is 11.5 Å². The van der Waals surface area contributed by atoms with E-state index in [0.29, 0.717) is 12.0 Å². The highest BCUT2D eigenvalue weighted by Crippen LogP contribution is 2.25. The van der Waals surface area contributed by atoms with Gasteiger partial charge in [0.25, 0.3) is 10.1 Å². The molecule has 0 saturated carbocycles. The highest BCUT2D eigenvalue weighted by molar-refractivity contribution is 7.85. The molecule has 5 N–H and O–H groups in total. The summed E-state index contributed by atoms with van der Waals surface area (Å²) < 4.78 is 29.6. The van der Waals surface area contributed by atoms with Crippen molar-refractivity contribution in [3.8, 4) is 11.5 Å². The van der Waals surface area contributed by atoms with Crippen LogP contribution in [0.3, 0.4) is 0 Å². The van der Waals surface area contributed by atoms with E-state index in [1.54, 1.807) is 6.07 Å². The molecule has 6 nitrogen and oxygen atoms in total. The Kier molecular flexibility index (Phi) is 4.33. The Morgan fingerprint density at radius 2 is 1.88 bits per heavy atom. The second-order valence-corrected chi connectivity index (χ2v) is 5.43. The maximum Gasteiger partial charge on any atom is 0.264 e. The zero-order valence-electron chi connectivity index (χ0n) is 9.07. The van der Waals surface area contributed by atoms with Crippen LogP contribution in [0.4, 0.5) is 0 Å². The molecule has 0 aliphatic carbocycles. The minimum atomic E-state index is -4.00. The van der Waals surface area contributed by atoms with E-state index in [0.717, 1.165) is 0 Å². The van der Waals surface area contributed by atoms with E-state index < -0.39 is 21.9 Å². The van der Waals surface area contributed by atoms with E-state index in [4.69, 9.17) is 15.4 Å². The van der Waals surface area contributed by atoms with Crippen molar-refractivity contribution in [2.45, 2.75) is 18.9 Å². The molecule has 1 atom stereocenters. The summed E-state index contributed by atoms with van der Waals surface area (Å²) in [5.74, 6) is -0.858. The third kappa shape index (κ3) is 5.03. The fraction of sp³-hybridized carbons (Fsp3) is 0.400. The Balaban J connectivity index is 2.56. The molecule has 96 valence electrons. The number of nitrogens with two attached hydrogens (primary N) is 1. The van der Waals surface area contributed by atoms with Crippen molar-refractivity contribution < 1.29 is 23.2 Å². The normalized spacial score (nSPS) is 13.5. The van der Waals surface area contributed by atoms with Crippen molar-refractivity contribution in [1.82, 2.24) is 0 Å². The summed E-state index contributed by atoms with van der Waals surface area (Å²) in [6, 6.07) is 3.84. The van der Waals surface area contributed by atoms with Crippen LogP contribution in [-0.2, 0) is 16.5 Å². The molecule has 0 aliphatic heterocycles. The molecule has 1 aromatic carbocycles. The topological polar surface area (TPSA) is 121 Å². The van der Waals surface area contributed by atoms with Gasteiger partial charge in [0.2, 0.25) is 0 Å². The van der Waals surface area contributed by atoms with Crippen molar-refractivity contribution in [2.75, 3.05) is 5.75 Å². The van der Waals surface area contributed by atoms with Gasteiger partial charge in [0.1, 0.15) is 0 Å². The first-order valence-corrected chi connectivity index (χ1v) is 6.60. The molecule has 1 aromatic rings. The third-order valence-electron chi connectivity index (χ3n) is 2.28. The Morgan fingerprint density at radius 3 is 2.41 bits per heavy atom. The number of rotatable bonds is 5. The molecule has 1 unspecified atom stereocenters. The third-order valence-corrected chi connectivity index (χ3v) is 3.04. The zero-order chi connectivity index (χ0) is 13.1. The molecule has 0 spiro atoms. The van der Waals surface area contributed by atoms with Gasteiger partial charge in [-0.15, -0.1) is 0 Å². The molecule has 0 saturated heterocycles. The van der Waals surface area contributed by atoms with Gasteiger partial charge in [0.05, 0.1) is 5.75 Å². The lowest BCUT2D eigenvalue weighted by molar-refractivity contribution is 0.403. The summed E-state index contributed by atoms with van der Waals surface area (Å²) >= 11 is 0. The highest BCUT2D eigenvalue weighted by Gasteiger charge is 2.11. The van der Waals surface area contributed by atoms with E-state index in [1.165, 1.54) is 12.1 Å². The van der Waals surface area contributed by atoms with Crippen LogP contribution in [0.1, 0.15) is 12.0 Å². The highest BCUT2D eigenvalue weighted by atomic mass is 32.2. The molecule has 0 radical (unpaired) electrons. The fourth-order valence-electron chi connectivity index (χ4n) is 1.40. The first-order valence-electron chi connectivity index (χ1n) is 4.99. The summed E-state index contributed by atoms with van der Waals surface area (Å²) in [6.07, 6.45) is 0.476. The molecule has 7 heteroatoms. The number of aromatic hydroxyl groups is 2. The van der Waals surface area contributed by atoms with Crippen LogP contribution in [-0.4, -0.2) is 35.0 Å². The van der Waals surface area contributed by atoms with Gasteiger partial charge in [-0.1, -0.05) is 6.07 Å². The fourth-order valence-corrected chi connectivity index (χ4v) is 2.00. The average molecular weight is 261 g/mol. The number of phenolic OH excluding ortho intramolecular Hbond substituents is 2. The number of benzene rings is 1. The first kappa shape index (κ1) is 13.8. The van der Waals surface area contributed by atoms with E-state index in [-0.39, 0.29) is 17.9 Å². The van der Waals surface area contributed by atoms with Crippen molar-refractivity contribution >= 4 is 10.1 Å². The summed E-state index contributed by atoms with van der Waals surface area (Å²) in [5, 5.41) is 18.3. The molecular weight excluding hydrogens is 246 g/mol. The van der Waals surface area contributed by atoms with Crippen molar-refractivity contribution in [2.24, 2.45) is 5.73 Å². The smallest absolute Gasteiger partial charge is 0.264 e. The second-order valence-electron chi connectivity index (χ2n) is 3.86. The summed E-state index contributed by atoms with van der Waals surface area (Å²) in [5.41, 5.74) is 6.36. The van der Waals surface area contributed by atoms with Crippen molar-refractivity contribution in [3.05, 3.63) is 23.8 Å². The summed E-state index contributed by atoms with van der Waals surface area (Å²) in [7, 11) is -4.00. The van der Waals surface area contributed by atoms with E-state index in [9.17, 15) is 13.5 Å². The second kappa shape index (κ2) is 5.35. The van der Waals surface area contributed by atoms with Crippen LogP contribution in [0.25, 0.3) is 0 Å². The van der Waals surface area contributed by atoms with Gasteiger partial charge in [0, 0.05) is 6.04 Å². The van der Waals surface area contributed by atoms with E-state index >= 15 is 0 Å². The predicted octanol–water partition coefficient (Wildman–Crippen LogP) is 0.246. The molecular formula is C10H15NO5S. The van der Waals surface area contributed by atoms with Crippen LogP contribution >= 0.6 is 0 Å². The molecule has 0 heterocycles. The quantitative estimate of drug-likeness (QED) is 0.445. The maximum atomic E-state index is 10.5. The maximum absolute atomic E-state index is 10.5. The van der Waals surface area contributed by atoms with Gasteiger partial charge in [-0.05, 0) is 30.5 Å². The Bertz CT molecular complexity index is 485. The van der Waals surface area contributed by atoms with Crippen LogP contribution in [0, 0.1) is 0 Å². The van der Waals surface area contributed by atoms with Gasteiger partial charge in [-0.3, -0.25) is 4.55 Å². The van der Waals surface area contributed by atoms with E-state index in [2.05, 4.69) is 0 Å². The lowest BCUT2D eigenvalue weighted by Gasteiger charge is -2.11. The molecule has 0 amide bonds. The minimum Gasteiger partial charge on any atom is -0.504 e. The van der Waals surface area contributed by atoms with Gasteiger partial charge in [-0.2, -0.15) is 8.42 Å². The van der Waals surface area contributed by atoms with Crippen LogP contribution in [0.2, 0.25) is 0 Å². The first-order chi connectivity index (χ1) is 7.78. The monoisotopic (exact) mass is 261 g/mol. The van der Waals surface area contributed by atoms with Crippen LogP contribution in [0.15, 0.2) is 18.2 Å². The number of hydrogen-bond donors (Lipinski definition) is 4. The van der Waals surface area contributed by atoms with E-state index in [1.807, 2.05) is 0 Å². The van der Waals surface area contributed by atoms with Gasteiger partial charge in [-0.25, -0.2) is 0 Å². The van der Waals surface area contributed by atoms with Crippen molar-refractivity contribution in [1.29, 1.82) is 0 Å². The summed E-state index contributed by atoms with van der Waals surface area (Å²) in [4.78, 5) is 0.